The maximum Gasteiger partial charge on any atom is 0.221 e. The van der Waals surface area contributed by atoms with Crippen molar-refractivity contribution < 1.29 is 9.53 Å². The number of benzene rings is 2. The lowest BCUT2D eigenvalue weighted by molar-refractivity contribution is -0.114. The summed E-state index contributed by atoms with van der Waals surface area (Å²) in [7, 11) is 0. The second-order valence-corrected chi connectivity index (χ2v) is 3.98. The van der Waals surface area contributed by atoms with Gasteiger partial charge in [0, 0.05) is 18.7 Å². The minimum Gasteiger partial charge on any atom is -0.489 e. The molecular formula is C19H27NO2. The van der Waals surface area contributed by atoms with Gasteiger partial charge >= 0.3 is 0 Å². The molecule has 2 aromatic rings. The highest BCUT2D eigenvalue weighted by Crippen LogP contribution is 2.18. The third-order valence-electron chi connectivity index (χ3n) is 2.40. The fourth-order valence-electron chi connectivity index (χ4n) is 1.61. The number of amides is 1. The summed E-state index contributed by atoms with van der Waals surface area (Å²) in [6.07, 6.45) is 0. The Morgan fingerprint density at radius 1 is 0.955 bits per heavy atom. The van der Waals surface area contributed by atoms with E-state index < -0.39 is 0 Å². The van der Waals surface area contributed by atoms with Gasteiger partial charge < -0.3 is 10.1 Å². The molecule has 0 bridgehead atoms. The van der Waals surface area contributed by atoms with Crippen LogP contribution in [0.2, 0.25) is 0 Å². The van der Waals surface area contributed by atoms with Crippen molar-refractivity contribution in [3.63, 3.8) is 0 Å². The molecule has 0 aliphatic carbocycles. The average molecular weight is 301 g/mol. The van der Waals surface area contributed by atoms with Crippen LogP contribution >= 0.6 is 0 Å². The second kappa shape index (κ2) is 12.5. The molecule has 0 radical (unpaired) electrons. The van der Waals surface area contributed by atoms with E-state index in [9.17, 15) is 4.79 Å². The molecule has 0 aromatic heterocycles. The first-order chi connectivity index (χ1) is 10.7. The summed E-state index contributed by atoms with van der Waals surface area (Å²) in [4.78, 5) is 11.0. The molecule has 120 valence electrons. The minimum atomic E-state index is -0.0878. The van der Waals surface area contributed by atoms with Gasteiger partial charge in [-0.2, -0.15) is 0 Å². The van der Waals surface area contributed by atoms with E-state index >= 15 is 0 Å². The lowest BCUT2D eigenvalue weighted by Gasteiger charge is -2.08. The van der Waals surface area contributed by atoms with E-state index in [0.29, 0.717) is 6.61 Å². The summed E-state index contributed by atoms with van der Waals surface area (Å²) in [6.45, 7) is 10.0. The van der Waals surface area contributed by atoms with E-state index in [1.54, 1.807) is 0 Å². The Morgan fingerprint density at radius 2 is 1.59 bits per heavy atom. The third kappa shape index (κ3) is 8.10. The van der Waals surface area contributed by atoms with Gasteiger partial charge in [-0.15, -0.1) is 0 Å². The van der Waals surface area contributed by atoms with Crippen LogP contribution in [-0.4, -0.2) is 5.91 Å². The second-order valence-electron chi connectivity index (χ2n) is 3.98. The van der Waals surface area contributed by atoms with Crippen LogP contribution < -0.4 is 10.1 Å². The number of rotatable bonds is 4. The molecular weight excluding hydrogens is 274 g/mol. The first-order valence-corrected chi connectivity index (χ1v) is 7.78. The largest absolute Gasteiger partial charge is 0.489 e. The lowest BCUT2D eigenvalue weighted by atomic mass is 10.2. The van der Waals surface area contributed by atoms with Crippen LogP contribution in [-0.2, 0) is 11.4 Å². The van der Waals surface area contributed by atoms with Crippen molar-refractivity contribution in [2.45, 2.75) is 41.2 Å². The highest BCUT2D eigenvalue weighted by atomic mass is 16.5. The molecule has 0 fully saturated rings. The number of nitrogens with one attached hydrogen (secondary N) is 1. The Balaban J connectivity index is 0.00000102. The van der Waals surface area contributed by atoms with E-state index in [2.05, 4.69) is 5.32 Å². The van der Waals surface area contributed by atoms with Gasteiger partial charge in [0.1, 0.15) is 12.4 Å². The molecule has 1 amide bonds. The van der Waals surface area contributed by atoms with Crippen LogP contribution in [0.5, 0.6) is 5.75 Å². The zero-order valence-corrected chi connectivity index (χ0v) is 14.2. The van der Waals surface area contributed by atoms with E-state index in [1.807, 2.05) is 82.3 Å². The van der Waals surface area contributed by atoms with E-state index in [1.165, 1.54) is 6.92 Å². The maximum absolute atomic E-state index is 11.0. The fourth-order valence-corrected chi connectivity index (χ4v) is 1.61. The number of carbonyl (C=O) groups is 1. The molecule has 0 heterocycles. The molecule has 0 saturated heterocycles. The molecule has 2 aromatic carbocycles. The summed E-state index contributed by atoms with van der Waals surface area (Å²) >= 11 is 0. The number of hydrogen-bond donors (Lipinski definition) is 1. The van der Waals surface area contributed by atoms with Crippen molar-refractivity contribution in [3.8, 4) is 5.75 Å². The Kier molecular flexibility index (Phi) is 11.2. The molecule has 2 rings (SSSR count). The van der Waals surface area contributed by atoms with Gasteiger partial charge in [0.15, 0.2) is 0 Å². The molecule has 22 heavy (non-hydrogen) atoms. The molecule has 0 spiro atoms. The monoisotopic (exact) mass is 301 g/mol. The van der Waals surface area contributed by atoms with Crippen molar-refractivity contribution in [1.82, 2.24) is 0 Å². The van der Waals surface area contributed by atoms with Gasteiger partial charge in [-0.1, -0.05) is 64.1 Å². The minimum absolute atomic E-state index is 0.0878. The van der Waals surface area contributed by atoms with E-state index in [-0.39, 0.29) is 5.91 Å². The highest BCUT2D eigenvalue weighted by Gasteiger charge is 1.99. The summed E-state index contributed by atoms with van der Waals surface area (Å²) in [5.41, 5.74) is 1.86. The molecule has 0 aliphatic heterocycles. The first-order valence-electron chi connectivity index (χ1n) is 7.78. The number of carbonyl (C=O) groups excluding carboxylic acids is 1. The van der Waals surface area contributed by atoms with Gasteiger partial charge in [0.25, 0.3) is 0 Å². The van der Waals surface area contributed by atoms with E-state index in [4.69, 9.17) is 4.74 Å². The van der Waals surface area contributed by atoms with Crippen molar-refractivity contribution in [2.24, 2.45) is 0 Å². The molecule has 0 unspecified atom stereocenters. The average Bonchev–Trinajstić information content (AvgIpc) is 2.57. The van der Waals surface area contributed by atoms with Gasteiger partial charge in [-0.3, -0.25) is 4.79 Å². The van der Waals surface area contributed by atoms with Crippen LogP contribution in [0.15, 0.2) is 54.6 Å². The van der Waals surface area contributed by atoms with Gasteiger partial charge in [-0.25, -0.2) is 0 Å². The Morgan fingerprint density at radius 3 is 2.18 bits per heavy atom. The quantitative estimate of drug-likeness (QED) is 0.834. The highest BCUT2D eigenvalue weighted by molar-refractivity contribution is 5.88. The Bertz CT molecular complexity index is 524. The van der Waals surface area contributed by atoms with Gasteiger partial charge in [0.2, 0.25) is 5.91 Å². The summed E-state index contributed by atoms with van der Waals surface area (Å²) in [5.74, 6) is 0.653. The molecule has 0 atom stereocenters. The topological polar surface area (TPSA) is 38.3 Å². The zero-order valence-electron chi connectivity index (χ0n) is 14.2. The van der Waals surface area contributed by atoms with Crippen LogP contribution in [0.25, 0.3) is 0 Å². The first kappa shape index (κ1) is 19.7. The summed E-state index contributed by atoms with van der Waals surface area (Å²) in [5, 5.41) is 2.72. The standard InChI is InChI=1S/C15H15NO2.2C2H6/c1-12(17)16-14-8-5-9-15(10-14)18-11-13-6-3-2-4-7-13;2*1-2/h2-10H,11H2,1H3,(H,16,17);2*1-2H3. The number of hydrogen-bond acceptors (Lipinski definition) is 2. The zero-order chi connectivity index (χ0) is 16.8. The predicted molar refractivity (Wildman–Crippen MR) is 94.2 cm³/mol. The molecule has 3 nitrogen and oxygen atoms in total. The third-order valence-corrected chi connectivity index (χ3v) is 2.40. The molecule has 1 N–H and O–H groups in total. The SMILES string of the molecule is CC.CC.CC(=O)Nc1cccc(OCc2ccccc2)c1. The van der Waals surface area contributed by atoms with E-state index in [0.717, 1.165) is 17.0 Å². The summed E-state index contributed by atoms with van der Waals surface area (Å²) in [6, 6.07) is 17.3. The van der Waals surface area contributed by atoms with Gasteiger partial charge in [0.05, 0.1) is 0 Å². The van der Waals surface area contributed by atoms with Crippen LogP contribution in [0.3, 0.4) is 0 Å². The van der Waals surface area contributed by atoms with Crippen LogP contribution in [0.4, 0.5) is 5.69 Å². The number of anilines is 1. The maximum atomic E-state index is 11.0. The Labute approximate surface area is 134 Å². The molecule has 0 saturated carbocycles. The number of ether oxygens (including phenoxy) is 1. The van der Waals surface area contributed by atoms with Crippen LogP contribution in [0, 0.1) is 0 Å². The lowest BCUT2D eigenvalue weighted by Crippen LogP contribution is -2.05. The molecule has 0 aliphatic rings. The molecule has 3 heteroatoms. The van der Waals surface area contributed by atoms with Gasteiger partial charge in [-0.05, 0) is 17.7 Å². The van der Waals surface area contributed by atoms with Crippen LogP contribution in [0.1, 0.15) is 40.2 Å². The van der Waals surface area contributed by atoms with Crippen molar-refractivity contribution in [2.75, 3.05) is 5.32 Å². The predicted octanol–water partition coefficient (Wildman–Crippen LogP) is 5.28. The normalized spacial score (nSPS) is 8.59. The Hall–Kier alpha value is -2.29. The van der Waals surface area contributed by atoms with Crippen molar-refractivity contribution >= 4 is 11.6 Å². The van der Waals surface area contributed by atoms with Crippen molar-refractivity contribution in [3.05, 3.63) is 60.2 Å². The fraction of sp³-hybridized carbons (Fsp3) is 0.316. The smallest absolute Gasteiger partial charge is 0.221 e. The van der Waals surface area contributed by atoms with Crippen molar-refractivity contribution in [1.29, 1.82) is 0 Å². The summed E-state index contributed by atoms with van der Waals surface area (Å²) < 4.78 is 5.66.